The van der Waals surface area contributed by atoms with Crippen LogP contribution in [0.3, 0.4) is 0 Å². The lowest BCUT2D eigenvalue weighted by Crippen LogP contribution is -2.24. The fourth-order valence-electron chi connectivity index (χ4n) is 2.00. The van der Waals surface area contributed by atoms with Gasteiger partial charge in [-0.15, -0.1) is 0 Å². The second kappa shape index (κ2) is 6.07. The van der Waals surface area contributed by atoms with Crippen LogP contribution >= 0.6 is 0 Å². The zero-order valence-electron chi connectivity index (χ0n) is 11.0. The summed E-state index contributed by atoms with van der Waals surface area (Å²) in [7, 11) is 1.34. The van der Waals surface area contributed by atoms with Crippen LogP contribution in [0.5, 0.6) is 5.75 Å². The number of allylic oxidation sites excluding steroid dienone is 1. The second-order valence-electron chi connectivity index (χ2n) is 4.50. The number of methoxy groups -OCH3 is 1. The lowest BCUT2D eigenvalue weighted by molar-refractivity contribution is -0.137. The number of anilines is 1. The summed E-state index contributed by atoms with van der Waals surface area (Å²) in [5, 5.41) is 2.81. The third-order valence-corrected chi connectivity index (χ3v) is 3.07. The Hall–Kier alpha value is -1.85. The number of benzene rings is 1. The topological polar surface area (TPSA) is 30.5 Å². The van der Waals surface area contributed by atoms with Crippen molar-refractivity contribution in [2.24, 2.45) is 0 Å². The first-order chi connectivity index (χ1) is 9.50. The van der Waals surface area contributed by atoms with Crippen LogP contribution in [0.4, 0.5) is 18.9 Å². The molecule has 0 radical (unpaired) electrons. The number of hydrogen-bond donors (Lipinski definition) is 1. The van der Waals surface area contributed by atoms with Crippen LogP contribution in [-0.4, -0.2) is 19.8 Å². The molecule has 0 saturated carbocycles. The van der Waals surface area contributed by atoms with Crippen molar-refractivity contribution in [2.45, 2.75) is 25.1 Å². The molecule has 3 nitrogen and oxygen atoms in total. The van der Waals surface area contributed by atoms with Crippen LogP contribution in [0.1, 0.15) is 18.4 Å². The molecular formula is C14H16F3NO2. The predicted octanol–water partition coefficient (Wildman–Crippen LogP) is 3.82. The zero-order valence-corrected chi connectivity index (χ0v) is 11.0. The normalized spacial score (nSPS) is 18.5. The zero-order chi connectivity index (χ0) is 14.6. The molecule has 1 aromatic rings. The molecule has 110 valence electrons. The molecule has 1 atom stereocenters. The number of alkyl halides is 3. The van der Waals surface area contributed by atoms with Crippen molar-refractivity contribution in [3.63, 3.8) is 0 Å². The lowest BCUT2D eigenvalue weighted by Gasteiger charge is -2.22. The number of hydrogen-bond acceptors (Lipinski definition) is 3. The molecular weight excluding hydrogens is 271 g/mol. The largest absolute Gasteiger partial charge is 0.497 e. The monoisotopic (exact) mass is 287 g/mol. The molecule has 1 aliphatic rings. The molecule has 1 heterocycles. The number of nitrogens with one attached hydrogen (secondary N) is 1. The Labute approximate surface area is 115 Å². The van der Waals surface area contributed by atoms with Crippen molar-refractivity contribution in [2.75, 3.05) is 19.0 Å². The Morgan fingerprint density at radius 1 is 1.40 bits per heavy atom. The van der Waals surface area contributed by atoms with Crippen LogP contribution in [0.15, 0.2) is 30.5 Å². The van der Waals surface area contributed by atoms with Gasteiger partial charge in [0.2, 0.25) is 0 Å². The average Bonchev–Trinajstić information content (AvgIpc) is 2.45. The molecule has 0 saturated heterocycles. The summed E-state index contributed by atoms with van der Waals surface area (Å²) in [6.07, 6.45) is 0.620. The molecule has 6 heteroatoms. The smallest absolute Gasteiger partial charge is 0.418 e. The highest BCUT2D eigenvalue weighted by molar-refractivity contribution is 5.55. The van der Waals surface area contributed by atoms with Gasteiger partial charge >= 0.3 is 6.18 Å². The molecule has 0 aliphatic carbocycles. The Balaban J connectivity index is 2.11. The fourth-order valence-corrected chi connectivity index (χ4v) is 2.00. The van der Waals surface area contributed by atoms with Gasteiger partial charge in [-0.1, -0.05) is 0 Å². The van der Waals surface area contributed by atoms with Gasteiger partial charge in [0.15, 0.2) is 0 Å². The number of halogens is 3. The highest BCUT2D eigenvalue weighted by atomic mass is 19.4. The molecule has 0 aromatic heterocycles. The van der Waals surface area contributed by atoms with Gasteiger partial charge in [-0.3, -0.25) is 0 Å². The molecule has 1 unspecified atom stereocenters. The molecule has 2 rings (SSSR count). The van der Waals surface area contributed by atoms with E-state index in [0.29, 0.717) is 6.54 Å². The van der Waals surface area contributed by atoms with Gasteiger partial charge in [-0.25, -0.2) is 0 Å². The first-order valence-electron chi connectivity index (χ1n) is 6.30. The predicted molar refractivity (Wildman–Crippen MR) is 69.7 cm³/mol. The van der Waals surface area contributed by atoms with Crippen LogP contribution < -0.4 is 10.1 Å². The summed E-state index contributed by atoms with van der Waals surface area (Å²) in [5.41, 5.74) is -0.695. The third kappa shape index (κ3) is 3.59. The summed E-state index contributed by atoms with van der Waals surface area (Å²) in [6, 6.07) is 3.86. The first kappa shape index (κ1) is 14.6. The average molecular weight is 287 g/mol. The van der Waals surface area contributed by atoms with Crippen molar-refractivity contribution < 1.29 is 22.6 Å². The maximum absolute atomic E-state index is 13.0. The quantitative estimate of drug-likeness (QED) is 0.913. The molecule has 1 aromatic carbocycles. The lowest BCUT2D eigenvalue weighted by atomic mass is 10.1. The van der Waals surface area contributed by atoms with E-state index in [-0.39, 0.29) is 17.5 Å². The standard InChI is InChI=1S/C14H16F3NO2/c1-19-10-5-6-13(12(8-10)14(15,16)17)18-9-11-4-2-3-7-20-11/h3,5-8,11,18H,2,4,9H2,1H3. The molecule has 1 N–H and O–H groups in total. The van der Waals surface area contributed by atoms with Gasteiger partial charge in [-0.2, -0.15) is 13.2 Å². The van der Waals surface area contributed by atoms with Crippen molar-refractivity contribution in [1.29, 1.82) is 0 Å². The van der Waals surface area contributed by atoms with E-state index in [1.165, 1.54) is 19.2 Å². The minimum atomic E-state index is -4.43. The molecule has 1 aliphatic heterocycles. The minimum Gasteiger partial charge on any atom is -0.497 e. The Bertz CT molecular complexity index is 486. The van der Waals surface area contributed by atoms with Crippen LogP contribution in [0.25, 0.3) is 0 Å². The van der Waals surface area contributed by atoms with E-state index in [0.717, 1.165) is 18.9 Å². The molecule has 0 spiro atoms. The summed E-state index contributed by atoms with van der Waals surface area (Å²) in [5.74, 6) is 0.180. The SMILES string of the molecule is COc1ccc(NCC2CCC=CO2)c(C(F)(F)F)c1. The number of ether oxygens (including phenoxy) is 2. The van der Waals surface area contributed by atoms with E-state index >= 15 is 0 Å². The van der Waals surface area contributed by atoms with Crippen LogP contribution in [-0.2, 0) is 10.9 Å². The summed E-state index contributed by atoms with van der Waals surface area (Å²) in [6.45, 7) is 0.333. The Morgan fingerprint density at radius 3 is 2.80 bits per heavy atom. The summed E-state index contributed by atoms with van der Waals surface area (Å²) >= 11 is 0. The Morgan fingerprint density at radius 2 is 2.20 bits per heavy atom. The van der Waals surface area contributed by atoms with Gasteiger partial charge in [0, 0.05) is 5.69 Å². The minimum absolute atomic E-state index is 0.0384. The number of rotatable bonds is 4. The third-order valence-electron chi connectivity index (χ3n) is 3.07. The first-order valence-corrected chi connectivity index (χ1v) is 6.30. The van der Waals surface area contributed by atoms with Gasteiger partial charge in [0.25, 0.3) is 0 Å². The van der Waals surface area contributed by atoms with Crippen LogP contribution in [0.2, 0.25) is 0 Å². The van der Waals surface area contributed by atoms with Gasteiger partial charge < -0.3 is 14.8 Å². The van der Waals surface area contributed by atoms with E-state index in [1.807, 2.05) is 6.08 Å². The van der Waals surface area contributed by atoms with Gasteiger partial charge in [0.05, 0.1) is 25.5 Å². The van der Waals surface area contributed by atoms with Gasteiger partial charge in [0.1, 0.15) is 11.9 Å². The second-order valence-corrected chi connectivity index (χ2v) is 4.50. The van der Waals surface area contributed by atoms with Crippen LogP contribution in [0, 0.1) is 0 Å². The molecule has 0 fully saturated rings. The van der Waals surface area contributed by atoms with Crippen molar-refractivity contribution in [1.82, 2.24) is 0 Å². The van der Waals surface area contributed by atoms with Gasteiger partial charge in [-0.05, 0) is 37.1 Å². The van der Waals surface area contributed by atoms with Crippen molar-refractivity contribution >= 4 is 5.69 Å². The van der Waals surface area contributed by atoms with E-state index in [1.54, 1.807) is 6.26 Å². The molecule has 0 bridgehead atoms. The maximum atomic E-state index is 13.0. The molecule has 20 heavy (non-hydrogen) atoms. The van der Waals surface area contributed by atoms with E-state index in [4.69, 9.17) is 9.47 Å². The Kier molecular flexibility index (Phi) is 4.42. The van der Waals surface area contributed by atoms with E-state index in [2.05, 4.69) is 5.32 Å². The highest BCUT2D eigenvalue weighted by Gasteiger charge is 2.34. The summed E-state index contributed by atoms with van der Waals surface area (Å²) < 4.78 is 49.1. The van der Waals surface area contributed by atoms with E-state index in [9.17, 15) is 13.2 Å². The summed E-state index contributed by atoms with van der Waals surface area (Å²) in [4.78, 5) is 0. The molecule has 0 amide bonds. The van der Waals surface area contributed by atoms with Crippen molar-refractivity contribution in [3.8, 4) is 5.75 Å². The maximum Gasteiger partial charge on any atom is 0.418 e. The highest BCUT2D eigenvalue weighted by Crippen LogP contribution is 2.37. The van der Waals surface area contributed by atoms with E-state index < -0.39 is 11.7 Å². The fraction of sp³-hybridized carbons (Fsp3) is 0.429. The van der Waals surface area contributed by atoms with Crippen molar-refractivity contribution in [3.05, 3.63) is 36.1 Å².